The number of nitrogens with two attached hydrogens (primary N) is 1. The molecule has 0 saturated carbocycles. The summed E-state index contributed by atoms with van der Waals surface area (Å²) in [5.74, 6) is 0.384. The normalized spacial score (nSPS) is 24.1. The molecule has 0 aromatic heterocycles. The standard InChI is InChI=1S/C14H21BrN2O/c1-10(18)12-6-7-17(9-12)14(8-16)11-2-4-13(15)5-3-11/h2-5,10,12,14,18H,6-9,16H2,1H3. The molecule has 0 amide bonds. The van der Waals surface area contributed by atoms with Gasteiger partial charge < -0.3 is 10.8 Å². The van der Waals surface area contributed by atoms with E-state index in [1.807, 2.05) is 6.92 Å². The monoisotopic (exact) mass is 312 g/mol. The molecule has 3 unspecified atom stereocenters. The van der Waals surface area contributed by atoms with Gasteiger partial charge in [0.15, 0.2) is 0 Å². The number of aliphatic hydroxyl groups excluding tert-OH is 1. The van der Waals surface area contributed by atoms with Crippen molar-refractivity contribution in [3.63, 3.8) is 0 Å². The highest BCUT2D eigenvalue weighted by molar-refractivity contribution is 9.10. The number of aliphatic hydroxyl groups is 1. The molecule has 1 saturated heterocycles. The fourth-order valence-electron chi connectivity index (χ4n) is 2.67. The maximum Gasteiger partial charge on any atom is 0.0552 e. The Kier molecular flexibility index (Phi) is 4.78. The van der Waals surface area contributed by atoms with Gasteiger partial charge >= 0.3 is 0 Å². The zero-order chi connectivity index (χ0) is 13.1. The van der Waals surface area contributed by atoms with Gasteiger partial charge in [-0.1, -0.05) is 28.1 Å². The predicted molar refractivity (Wildman–Crippen MR) is 77.3 cm³/mol. The summed E-state index contributed by atoms with van der Waals surface area (Å²) in [5, 5.41) is 9.67. The molecule has 100 valence electrons. The van der Waals surface area contributed by atoms with Gasteiger partial charge in [0.25, 0.3) is 0 Å². The van der Waals surface area contributed by atoms with Gasteiger partial charge in [0.05, 0.1) is 6.10 Å². The fraction of sp³-hybridized carbons (Fsp3) is 0.571. The van der Waals surface area contributed by atoms with Crippen LogP contribution in [-0.2, 0) is 0 Å². The van der Waals surface area contributed by atoms with Crippen molar-refractivity contribution in [2.24, 2.45) is 11.7 Å². The molecule has 1 aliphatic heterocycles. The van der Waals surface area contributed by atoms with E-state index in [0.717, 1.165) is 24.0 Å². The van der Waals surface area contributed by atoms with Crippen molar-refractivity contribution in [1.29, 1.82) is 0 Å². The van der Waals surface area contributed by atoms with E-state index in [0.29, 0.717) is 12.5 Å². The van der Waals surface area contributed by atoms with Crippen LogP contribution in [0.2, 0.25) is 0 Å². The molecule has 0 aliphatic carbocycles. The van der Waals surface area contributed by atoms with Crippen molar-refractivity contribution in [2.45, 2.75) is 25.5 Å². The molecule has 0 spiro atoms. The Labute approximate surface area is 117 Å². The van der Waals surface area contributed by atoms with Crippen molar-refractivity contribution in [2.75, 3.05) is 19.6 Å². The Morgan fingerprint density at radius 2 is 2.11 bits per heavy atom. The summed E-state index contributed by atoms with van der Waals surface area (Å²) in [7, 11) is 0. The first-order valence-corrected chi connectivity index (χ1v) is 7.28. The minimum atomic E-state index is -0.224. The topological polar surface area (TPSA) is 49.5 Å². The van der Waals surface area contributed by atoms with Gasteiger partial charge in [-0.15, -0.1) is 0 Å². The first-order chi connectivity index (χ1) is 8.61. The van der Waals surface area contributed by atoms with Crippen molar-refractivity contribution < 1.29 is 5.11 Å². The Hall–Kier alpha value is -0.420. The molecule has 3 atom stereocenters. The molecule has 18 heavy (non-hydrogen) atoms. The van der Waals surface area contributed by atoms with E-state index in [1.54, 1.807) is 0 Å². The van der Waals surface area contributed by atoms with Crippen molar-refractivity contribution in [3.8, 4) is 0 Å². The zero-order valence-electron chi connectivity index (χ0n) is 10.7. The number of benzene rings is 1. The van der Waals surface area contributed by atoms with Crippen molar-refractivity contribution in [1.82, 2.24) is 4.90 Å². The summed E-state index contributed by atoms with van der Waals surface area (Å²) in [4.78, 5) is 2.39. The molecule has 0 radical (unpaired) electrons. The molecule has 1 aromatic carbocycles. The number of hydrogen-bond donors (Lipinski definition) is 2. The molecule has 4 heteroatoms. The Morgan fingerprint density at radius 1 is 1.44 bits per heavy atom. The highest BCUT2D eigenvalue weighted by Gasteiger charge is 2.30. The molecular formula is C14H21BrN2O. The average Bonchev–Trinajstić information content (AvgIpc) is 2.82. The van der Waals surface area contributed by atoms with Crippen LogP contribution >= 0.6 is 15.9 Å². The SMILES string of the molecule is CC(O)C1CCN(C(CN)c2ccc(Br)cc2)C1. The third-order valence-electron chi connectivity index (χ3n) is 3.86. The second kappa shape index (κ2) is 6.15. The maximum atomic E-state index is 9.67. The van der Waals surface area contributed by atoms with Crippen LogP contribution in [0.5, 0.6) is 0 Å². The molecule has 2 rings (SSSR count). The van der Waals surface area contributed by atoms with E-state index < -0.39 is 0 Å². The van der Waals surface area contributed by atoms with Gasteiger partial charge in [0, 0.05) is 23.6 Å². The summed E-state index contributed by atoms with van der Waals surface area (Å²) in [5.41, 5.74) is 7.18. The number of hydrogen-bond acceptors (Lipinski definition) is 3. The summed E-state index contributed by atoms with van der Waals surface area (Å²) >= 11 is 3.45. The van der Waals surface area contributed by atoms with Crippen LogP contribution in [0.3, 0.4) is 0 Å². The number of rotatable bonds is 4. The van der Waals surface area contributed by atoms with Crippen LogP contribution < -0.4 is 5.73 Å². The maximum absolute atomic E-state index is 9.67. The van der Waals surface area contributed by atoms with Crippen LogP contribution in [0, 0.1) is 5.92 Å². The quantitative estimate of drug-likeness (QED) is 0.895. The lowest BCUT2D eigenvalue weighted by Crippen LogP contribution is -2.33. The Bertz CT molecular complexity index is 380. The van der Waals surface area contributed by atoms with Crippen molar-refractivity contribution in [3.05, 3.63) is 34.3 Å². The highest BCUT2D eigenvalue weighted by Crippen LogP contribution is 2.29. The summed E-state index contributed by atoms with van der Waals surface area (Å²) < 4.78 is 1.09. The predicted octanol–water partition coefficient (Wildman–Crippen LogP) is 2.15. The molecular weight excluding hydrogens is 292 g/mol. The van der Waals surface area contributed by atoms with Gasteiger partial charge in [-0.25, -0.2) is 0 Å². The fourth-order valence-corrected chi connectivity index (χ4v) is 2.94. The lowest BCUT2D eigenvalue weighted by atomic mass is 10.0. The van der Waals surface area contributed by atoms with Crippen LogP contribution in [0.4, 0.5) is 0 Å². The van der Waals surface area contributed by atoms with E-state index in [9.17, 15) is 5.11 Å². The third kappa shape index (κ3) is 3.12. The second-order valence-electron chi connectivity index (χ2n) is 5.09. The highest BCUT2D eigenvalue weighted by atomic mass is 79.9. The summed E-state index contributed by atoms with van der Waals surface area (Å²) in [6, 6.07) is 8.62. The van der Waals surface area contributed by atoms with Crippen LogP contribution in [0.15, 0.2) is 28.7 Å². The van der Waals surface area contributed by atoms with Gasteiger partial charge in [0.2, 0.25) is 0 Å². The van der Waals surface area contributed by atoms with Crippen LogP contribution in [0.1, 0.15) is 24.9 Å². The zero-order valence-corrected chi connectivity index (χ0v) is 12.3. The first-order valence-electron chi connectivity index (χ1n) is 6.49. The molecule has 0 bridgehead atoms. The second-order valence-corrected chi connectivity index (χ2v) is 6.00. The first kappa shape index (κ1) is 14.0. The van der Waals surface area contributed by atoms with Gasteiger partial charge in [-0.3, -0.25) is 4.90 Å². The average molecular weight is 313 g/mol. The third-order valence-corrected chi connectivity index (χ3v) is 4.39. The van der Waals surface area contributed by atoms with Gasteiger partial charge in [0.1, 0.15) is 0 Å². The number of nitrogens with zero attached hydrogens (tertiary/aromatic N) is 1. The lowest BCUT2D eigenvalue weighted by molar-refractivity contribution is 0.122. The van der Waals surface area contributed by atoms with E-state index in [1.165, 1.54) is 5.56 Å². The van der Waals surface area contributed by atoms with Crippen LogP contribution in [-0.4, -0.2) is 35.7 Å². The molecule has 1 heterocycles. The van der Waals surface area contributed by atoms with E-state index in [2.05, 4.69) is 45.1 Å². The molecule has 1 aromatic rings. The largest absolute Gasteiger partial charge is 0.393 e. The lowest BCUT2D eigenvalue weighted by Gasteiger charge is -2.27. The molecule has 1 fully saturated rings. The molecule has 1 aliphatic rings. The number of halogens is 1. The molecule has 3 nitrogen and oxygen atoms in total. The van der Waals surface area contributed by atoms with Crippen molar-refractivity contribution >= 4 is 15.9 Å². The molecule has 3 N–H and O–H groups in total. The van der Waals surface area contributed by atoms with Crippen LogP contribution in [0.25, 0.3) is 0 Å². The minimum absolute atomic E-state index is 0.224. The summed E-state index contributed by atoms with van der Waals surface area (Å²) in [6.45, 7) is 4.46. The van der Waals surface area contributed by atoms with E-state index >= 15 is 0 Å². The summed E-state index contributed by atoms with van der Waals surface area (Å²) in [6.07, 6.45) is 0.836. The smallest absolute Gasteiger partial charge is 0.0552 e. The van der Waals surface area contributed by atoms with Gasteiger partial charge in [-0.05, 0) is 43.5 Å². The van der Waals surface area contributed by atoms with Gasteiger partial charge in [-0.2, -0.15) is 0 Å². The Morgan fingerprint density at radius 3 is 2.61 bits per heavy atom. The minimum Gasteiger partial charge on any atom is -0.393 e. The van der Waals surface area contributed by atoms with E-state index in [4.69, 9.17) is 5.73 Å². The number of likely N-dealkylation sites (tertiary alicyclic amines) is 1. The Balaban J connectivity index is 2.08. The van der Waals surface area contributed by atoms with E-state index in [-0.39, 0.29) is 12.1 Å².